The van der Waals surface area contributed by atoms with E-state index in [9.17, 15) is 18.0 Å². The van der Waals surface area contributed by atoms with Crippen molar-refractivity contribution in [2.75, 3.05) is 49.6 Å². The van der Waals surface area contributed by atoms with Gasteiger partial charge in [-0.2, -0.15) is 0 Å². The van der Waals surface area contributed by atoms with Crippen LogP contribution in [-0.2, 0) is 16.0 Å². The largest absolute Gasteiger partial charge is 0.573 e. The minimum Gasteiger partial charge on any atom is -0.406 e. The lowest BCUT2D eigenvalue weighted by Gasteiger charge is -2.31. The number of aromatic nitrogens is 1. The van der Waals surface area contributed by atoms with Gasteiger partial charge in [0.1, 0.15) is 11.6 Å². The molecule has 1 amide bonds. The minimum atomic E-state index is -4.73. The Bertz CT molecular complexity index is 1010. The molecule has 2 aromatic rings. The summed E-state index contributed by atoms with van der Waals surface area (Å²) in [4.78, 5) is 21.6. The highest BCUT2D eigenvalue weighted by atomic mass is 19.4. The van der Waals surface area contributed by atoms with Crippen LogP contribution in [0.15, 0.2) is 30.3 Å². The number of hydrogen-bond acceptors (Lipinski definition) is 6. The fourth-order valence-electron chi connectivity index (χ4n) is 4.39. The van der Waals surface area contributed by atoms with Crippen molar-refractivity contribution < 1.29 is 27.4 Å². The smallest absolute Gasteiger partial charge is 0.406 e. The molecular formula is C24H29F3N4O3. The summed E-state index contributed by atoms with van der Waals surface area (Å²) in [7, 11) is 0. The van der Waals surface area contributed by atoms with E-state index in [-0.39, 0.29) is 24.1 Å². The zero-order valence-corrected chi connectivity index (χ0v) is 19.3. The van der Waals surface area contributed by atoms with Gasteiger partial charge < -0.3 is 24.6 Å². The number of ether oxygens (including phenoxy) is 2. The number of alkyl halides is 3. The van der Waals surface area contributed by atoms with E-state index >= 15 is 0 Å². The molecule has 1 N–H and O–H groups in total. The van der Waals surface area contributed by atoms with E-state index < -0.39 is 6.36 Å². The molecule has 0 saturated carbocycles. The first-order chi connectivity index (χ1) is 16.2. The highest BCUT2D eigenvalue weighted by Crippen LogP contribution is 2.29. The maximum absolute atomic E-state index is 12.8. The predicted octanol–water partition coefficient (Wildman–Crippen LogP) is 3.69. The normalized spacial score (nSPS) is 18.8. The zero-order valence-electron chi connectivity index (χ0n) is 19.3. The van der Waals surface area contributed by atoms with Crippen LogP contribution in [0.2, 0.25) is 0 Å². The van der Waals surface area contributed by atoms with Crippen LogP contribution in [0.25, 0.3) is 0 Å². The highest BCUT2D eigenvalue weighted by molar-refractivity contribution is 5.79. The molecule has 0 spiro atoms. The van der Waals surface area contributed by atoms with E-state index in [0.29, 0.717) is 31.9 Å². The Morgan fingerprint density at radius 3 is 2.56 bits per heavy atom. The Morgan fingerprint density at radius 1 is 1.18 bits per heavy atom. The summed E-state index contributed by atoms with van der Waals surface area (Å²) < 4.78 is 46.3. The Morgan fingerprint density at radius 2 is 1.88 bits per heavy atom. The summed E-state index contributed by atoms with van der Waals surface area (Å²) in [5, 5.41) is 3.52. The molecule has 34 heavy (non-hydrogen) atoms. The van der Waals surface area contributed by atoms with Crippen molar-refractivity contribution >= 4 is 17.4 Å². The summed E-state index contributed by atoms with van der Waals surface area (Å²) >= 11 is 0. The van der Waals surface area contributed by atoms with Gasteiger partial charge in [-0.1, -0.05) is 12.1 Å². The van der Waals surface area contributed by atoms with Gasteiger partial charge in [-0.25, -0.2) is 4.98 Å². The van der Waals surface area contributed by atoms with E-state index in [0.717, 1.165) is 42.3 Å². The summed E-state index contributed by atoms with van der Waals surface area (Å²) in [5.41, 5.74) is 3.81. The van der Waals surface area contributed by atoms with Gasteiger partial charge in [0.25, 0.3) is 0 Å². The van der Waals surface area contributed by atoms with Gasteiger partial charge in [-0.3, -0.25) is 4.79 Å². The monoisotopic (exact) mass is 478 g/mol. The molecule has 0 radical (unpaired) electrons. The number of benzene rings is 1. The lowest BCUT2D eigenvalue weighted by atomic mass is 10.1. The van der Waals surface area contributed by atoms with Crippen LogP contribution in [0.5, 0.6) is 5.75 Å². The number of anilines is 2. The number of rotatable bonds is 6. The average Bonchev–Trinajstić information content (AvgIpc) is 3.26. The van der Waals surface area contributed by atoms with Crippen molar-refractivity contribution in [1.29, 1.82) is 0 Å². The van der Waals surface area contributed by atoms with Crippen LogP contribution in [0, 0.1) is 13.8 Å². The molecule has 2 fully saturated rings. The fourth-order valence-corrected chi connectivity index (χ4v) is 4.39. The average molecular weight is 479 g/mol. The van der Waals surface area contributed by atoms with Crippen molar-refractivity contribution in [2.24, 2.45) is 0 Å². The van der Waals surface area contributed by atoms with Crippen LogP contribution in [0.1, 0.15) is 23.2 Å². The standard InChI is InChI=1S/C24H29F3N4O3/c1-16-13-21(30-9-11-33-12-10-30)17(2)23(28-16)29-19-7-8-31(15-19)22(32)14-18-3-5-20(6-4-18)34-24(25,26)27/h3-6,13,19H,7-12,14-15H2,1-2H3,(H,28,29). The van der Waals surface area contributed by atoms with Gasteiger partial charge in [0.15, 0.2) is 0 Å². The topological polar surface area (TPSA) is 66.9 Å². The van der Waals surface area contributed by atoms with Crippen molar-refractivity contribution in [1.82, 2.24) is 9.88 Å². The minimum absolute atomic E-state index is 0.0586. The van der Waals surface area contributed by atoms with Crippen LogP contribution in [0.3, 0.4) is 0 Å². The maximum atomic E-state index is 12.8. The number of morpholine rings is 1. The number of hydrogen-bond donors (Lipinski definition) is 1. The van der Waals surface area contributed by atoms with Gasteiger partial charge in [0.2, 0.25) is 5.91 Å². The van der Waals surface area contributed by atoms with E-state index in [4.69, 9.17) is 9.72 Å². The second kappa shape index (κ2) is 10.1. The third-order valence-corrected chi connectivity index (χ3v) is 6.12. The van der Waals surface area contributed by atoms with Crippen LogP contribution < -0.4 is 15.0 Å². The molecule has 7 nitrogen and oxygen atoms in total. The molecule has 2 aliphatic heterocycles. The Labute approximate surface area is 196 Å². The fraction of sp³-hybridized carbons (Fsp3) is 0.500. The van der Waals surface area contributed by atoms with Crippen molar-refractivity contribution in [3.63, 3.8) is 0 Å². The first-order valence-electron chi connectivity index (χ1n) is 11.4. The summed E-state index contributed by atoms with van der Waals surface area (Å²) in [6.45, 7) is 8.32. The van der Waals surface area contributed by atoms with Gasteiger partial charge in [-0.15, -0.1) is 13.2 Å². The molecule has 3 heterocycles. The first-order valence-corrected chi connectivity index (χ1v) is 11.4. The molecule has 0 aliphatic carbocycles. The van der Waals surface area contributed by atoms with Gasteiger partial charge >= 0.3 is 6.36 Å². The van der Waals surface area contributed by atoms with Crippen molar-refractivity contribution in [3.05, 3.63) is 47.2 Å². The SMILES string of the molecule is Cc1cc(N2CCOCC2)c(C)c(NC2CCN(C(=O)Cc3ccc(OC(F)(F)F)cc3)C2)n1. The lowest BCUT2D eigenvalue weighted by molar-refractivity contribution is -0.274. The number of aryl methyl sites for hydroxylation is 1. The number of halogens is 3. The van der Waals surface area contributed by atoms with E-state index in [1.807, 2.05) is 6.92 Å². The van der Waals surface area contributed by atoms with Gasteiger partial charge in [0, 0.05) is 49.2 Å². The number of likely N-dealkylation sites (tertiary alicyclic amines) is 1. The molecule has 10 heteroatoms. The summed E-state index contributed by atoms with van der Waals surface area (Å²) in [5.74, 6) is 0.476. The Balaban J connectivity index is 1.35. The summed E-state index contributed by atoms with van der Waals surface area (Å²) in [6, 6.07) is 7.60. The highest BCUT2D eigenvalue weighted by Gasteiger charge is 2.31. The molecule has 2 aliphatic rings. The Hall–Kier alpha value is -3.01. The second-order valence-electron chi connectivity index (χ2n) is 8.69. The number of amides is 1. The molecule has 0 bridgehead atoms. The number of nitrogens with one attached hydrogen (secondary N) is 1. The molecule has 4 rings (SSSR count). The molecule has 1 aromatic heterocycles. The number of carbonyl (C=O) groups excluding carboxylic acids is 1. The van der Waals surface area contributed by atoms with Crippen LogP contribution in [-0.4, -0.2) is 67.6 Å². The maximum Gasteiger partial charge on any atom is 0.573 e. The van der Waals surface area contributed by atoms with Gasteiger partial charge in [-0.05, 0) is 44.0 Å². The lowest BCUT2D eigenvalue weighted by Crippen LogP contribution is -2.37. The molecule has 1 atom stereocenters. The Kier molecular flexibility index (Phi) is 7.16. The van der Waals surface area contributed by atoms with Crippen molar-refractivity contribution in [3.8, 4) is 5.75 Å². The molecule has 184 valence electrons. The van der Waals surface area contributed by atoms with E-state index in [2.05, 4.69) is 27.9 Å². The zero-order chi connectivity index (χ0) is 24.3. The summed E-state index contributed by atoms with van der Waals surface area (Å²) in [6.07, 6.45) is -3.81. The van der Waals surface area contributed by atoms with E-state index in [1.54, 1.807) is 4.90 Å². The molecule has 1 aromatic carbocycles. The van der Waals surface area contributed by atoms with Gasteiger partial charge in [0.05, 0.1) is 19.6 Å². The molecule has 1 unspecified atom stereocenters. The predicted molar refractivity (Wildman–Crippen MR) is 122 cm³/mol. The third kappa shape index (κ3) is 6.11. The van der Waals surface area contributed by atoms with Crippen LogP contribution in [0.4, 0.5) is 24.7 Å². The quantitative estimate of drug-likeness (QED) is 0.683. The second-order valence-corrected chi connectivity index (χ2v) is 8.69. The number of carbonyl (C=O) groups is 1. The third-order valence-electron chi connectivity index (χ3n) is 6.12. The molecular weight excluding hydrogens is 449 g/mol. The van der Waals surface area contributed by atoms with Crippen molar-refractivity contribution in [2.45, 2.75) is 39.1 Å². The number of nitrogens with zero attached hydrogens (tertiary/aromatic N) is 3. The molecule has 2 saturated heterocycles. The van der Waals surface area contributed by atoms with Crippen LogP contribution >= 0.6 is 0 Å². The number of pyridine rings is 1. The first kappa shape index (κ1) is 24.1. The van der Waals surface area contributed by atoms with E-state index in [1.165, 1.54) is 24.3 Å².